The van der Waals surface area contributed by atoms with Gasteiger partial charge in [0.2, 0.25) is 10.0 Å². The SMILES string of the molecule is Cn1cc(S(=O)(=O)NCC(O)C(=O)O)cc1C(N)=O. The van der Waals surface area contributed by atoms with Crippen LogP contribution in [0.5, 0.6) is 0 Å². The number of rotatable bonds is 6. The molecule has 5 N–H and O–H groups in total. The lowest BCUT2D eigenvalue weighted by atomic mass is 10.4. The van der Waals surface area contributed by atoms with Crippen LogP contribution < -0.4 is 10.5 Å². The summed E-state index contributed by atoms with van der Waals surface area (Å²) < 4.78 is 26.7. The van der Waals surface area contributed by atoms with E-state index in [1.54, 1.807) is 0 Å². The van der Waals surface area contributed by atoms with Crippen LogP contribution in [0, 0.1) is 0 Å². The number of hydrogen-bond donors (Lipinski definition) is 4. The van der Waals surface area contributed by atoms with Gasteiger partial charge in [0.25, 0.3) is 5.91 Å². The number of amides is 1. The van der Waals surface area contributed by atoms with Crippen LogP contribution in [0.1, 0.15) is 10.5 Å². The highest BCUT2D eigenvalue weighted by Crippen LogP contribution is 2.12. The predicted octanol–water partition coefficient (Wildman–Crippen LogP) is -2.15. The van der Waals surface area contributed by atoms with Crippen molar-refractivity contribution in [3.8, 4) is 0 Å². The Morgan fingerprint density at radius 3 is 2.53 bits per heavy atom. The average Bonchev–Trinajstić information content (AvgIpc) is 2.69. The number of aliphatic hydroxyl groups is 1. The minimum atomic E-state index is -4.03. The van der Waals surface area contributed by atoms with Crippen molar-refractivity contribution in [3.05, 3.63) is 18.0 Å². The minimum absolute atomic E-state index is 0.0147. The molecule has 1 unspecified atom stereocenters. The van der Waals surface area contributed by atoms with E-state index < -0.39 is 34.5 Å². The number of carboxylic acid groups (broad SMARTS) is 1. The summed E-state index contributed by atoms with van der Waals surface area (Å²) in [6, 6.07) is 1.05. The van der Waals surface area contributed by atoms with Crippen LogP contribution in [-0.2, 0) is 21.9 Å². The highest BCUT2D eigenvalue weighted by molar-refractivity contribution is 7.89. The summed E-state index contributed by atoms with van der Waals surface area (Å²) >= 11 is 0. The Kier molecular flexibility index (Phi) is 4.29. The van der Waals surface area contributed by atoms with Crippen molar-refractivity contribution >= 4 is 21.9 Å². The number of aliphatic hydroxyl groups excluding tert-OH is 1. The molecule has 0 bridgehead atoms. The highest BCUT2D eigenvalue weighted by Gasteiger charge is 2.22. The van der Waals surface area contributed by atoms with Gasteiger partial charge in [-0.2, -0.15) is 0 Å². The van der Waals surface area contributed by atoms with E-state index in [0.29, 0.717) is 0 Å². The summed E-state index contributed by atoms with van der Waals surface area (Å²) in [5.74, 6) is -2.34. The van der Waals surface area contributed by atoms with E-state index in [0.717, 1.165) is 12.3 Å². The molecule has 1 atom stereocenters. The summed E-state index contributed by atoms with van der Waals surface area (Å²) in [7, 11) is -2.59. The summed E-state index contributed by atoms with van der Waals surface area (Å²) in [5.41, 5.74) is 5.03. The molecule has 19 heavy (non-hydrogen) atoms. The van der Waals surface area contributed by atoms with E-state index >= 15 is 0 Å². The number of carbonyl (C=O) groups is 2. The number of aryl methyl sites for hydroxylation is 1. The summed E-state index contributed by atoms with van der Waals surface area (Å²) in [6.45, 7) is -0.682. The first-order valence-electron chi connectivity index (χ1n) is 5.02. The monoisotopic (exact) mass is 291 g/mol. The van der Waals surface area contributed by atoms with Gasteiger partial charge in [0, 0.05) is 19.8 Å². The van der Waals surface area contributed by atoms with Crippen LogP contribution in [0.4, 0.5) is 0 Å². The average molecular weight is 291 g/mol. The number of hydrogen-bond acceptors (Lipinski definition) is 5. The highest BCUT2D eigenvalue weighted by atomic mass is 32.2. The number of nitrogens with one attached hydrogen (secondary N) is 1. The molecule has 0 radical (unpaired) electrons. The zero-order valence-corrected chi connectivity index (χ0v) is 10.7. The molecule has 0 aliphatic rings. The second kappa shape index (κ2) is 5.38. The fourth-order valence-corrected chi connectivity index (χ4v) is 2.39. The molecule has 0 spiro atoms. The molecule has 0 aromatic carbocycles. The van der Waals surface area contributed by atoms with Gasteiger partial charge in [-0.15, -0.1) is 0 Å². The maximum absolute atomic E-state index is 11.8. The lowest BCUT2D eigenvalue weighted by Crippen LogP contribution is -2.36. The first kappa shape index (κ1) is 15.1. The Bertz CT molecular complexity index is 605. The van der Waals surface area contributed by atoms with E-state index in [1.165, 1.54) is 11.6 Å². The quantitative estimate of drug-likeness (QED) is 0.469. The van der Waals surface area contributed by atoms with Crippen molar-refractivity contribution in [3.63, 3.8) is 0 Å². The van der Waals surface area contributed by atoms with Crippen molar-refractivity contribution < 1.29 is 28.2 Å². The van der Waals surface area contributed by atoms with Gasteiger partial charge in [-0.3, -0.25) is 4.79 Å². The lowest BCUT2D eigenvalue weighted by Gasteiger charge is -2.07. The number of carboxylic acids is 1. The third-order valence-corrected chi connectivity index (χ3v) is 3.68. The molecule has 9 nitrogen and oxygen atoms in total. The van der Waals surface area contributed by atoms with Gasteiger partial charge in [0.15, 0.2) is 6.10 Å². The van der Waals surface area contributed by atoms with E-state index in [9.17, 15) is 18.0 Å². The van der Waals surface area contributed by atoms with Crippen LogP contribution in [0.3, 0.4) is 0 Å². The summed E-state index contributed by atoms with van der Waals surface area (Å²) in [4.78, 5) is 21.1. The normalized spacial score (nSPS) is 13.2. The second-order valence-corrected chi connectivity index (χ2v) is 5.51. The summed E-state index contributed by atoms with van der Waals surface area (Å²) in [6.07, 6.45) is -0.704. The Morgan fingerprint density at radius 1 is 1.53 bits per heavy atom. The van der Waals surface area contributed by atoms with Gasteiger partial charge in [-0.05, 0) is 6.07 Å². The number of nitrogens with zero attached hydrogens (tertiary/aromatic N) is 1. The van der Waals surface area contributed by atoms with Crippen LogP contribution in [-0.4, -0.2) is 47.7 Å². The number of carbonyl (C=O) groups excluding carboxylic acids is 1. The predicted molar refractivity (Wildman–Crippen MR) is 62.8 cm³/mol. The van der Waals surface area contributed by atoms with Crippen molar-refractivity contribution in [1.82, 2.24) is 9.29 Å². The Morgan fingerprint density at radius 2 is 2.11 bits per heavy atom. The maximum Gasteiger partial charge on any atom is 0.333 e. The first-order chi connectivity index (χ1) is 8.65. The Labute approximate surface area is 108 Å². The molecule has 0 aliphatic carbocycles. The Balaban J connectivity index is 2.92. The van der Waals surface area contributed by atoms with Gasteiger partial charge in [-0.1, -0.05) is 0 Å². The lowest BCUT2D eigenvalue weighted by molar-refractivity contribution is -0.146. The van der Waals surface area contributed by atoms with Crippen molar-refractivity contribution in [1.29, 1.82) is 0 Å². The second-order valence-electron chi connectivity index (χ2n) is 3.74. The van der Waals surface area contributed by atoms with Crippen LogP contribution >= 0.6 is 0 Å². The van der Waals surface area contributed by atoms with E-state index in [-0.39, 0.29) is 10.6 Å². The van der Waals surface area contributed by atoms with Gasteiger partial charge in [-0.25, -0.2) is 17.9 Å². The molecule has 1 aromatic rings. The molecule has 1 aromatic heterocycles. The number of primary amides is 1. The molecule has 10 heteroatoms. The van der Waals surface area contributed by atoms with E-state index in [4.69, 9.17) is 15.9 Å². The molecular formula is C9H13N3O6S. The van der Waals surface area contributed by atoms with Crippen molar-refractivity contribution in [2.45, 2.75) is 11.0 Å². The largest absolute Gasteiger partial charge is 0.479 e. The van der Waals surface area contributed by atoms with Gasteiger partial charge < -0.3 is 20.5 Å². The Hall–Kier alpha value is -1.91. The molecule has 1 heterocycles. The molecule has 0 fully saturated rings. The molecule has 0 saturated heterocycles. The van der Waals surface area contributed by atoms with Crippen molar-refractivity contribution in [2.24, 2.45) is 12.8 Å². The molecule has 0 saturated carbocycles. The number of aromatic nitrogens is 1. The van der Waals surface area contributed by atoms with Crippen LogP contribution in [0.15, 0.2) is 17.2 Å². The number of aliphatic carboxylic acids is 1. The smallest absolute Gasteiger partial charge is 0.333 e. The van der Waals surface area contributed by atoms with E-state index in [2.05, 4.69) is 0 Å². The summed E-state index contributed by atoms with van der Waals surface area (Å²) in [5, 5.41) is 17.4. The van der Waals surface area contributed by atoms with Crippen LogP contribution in [0.25, 0.3) is 0 Å². The minimum Gasteiger partial charge on any atom is -0.479 e. The zero-order valence-electron chi connectivity index (χ0n) is 9.90. The van der Waals surface area contributed by atoms with Gasteiger partial charge in [0.05, 0.1) is 0 Å². The fraction of sp³-hybridized carbons (Fsp3) is 0.333. The van der Waals surface area contributed by atoms with Gasteiger partial charge in [0.1, 0.15) is 10.6 Å². The third-order valence-electron chi connectivity index (χ3n) is 2.29. The molecule has 1 amide bonds. The molecule has 1 rings (SSSR count). The number of nitrogens with two attached hydrogens (primary N) is 1. The first-order valence-corrected chi connectivity index (χ1v) is 6.50. The molecule has 0 aliphatic heterocycles. The fourth-order valence-electron chi connectivity index (χ4n) is 1.29. The number of sulfonamides is 1. The maximum atomic E-state index is 11.8. The van der Waals surface area contributed by atoms with Gasteiger partial charge >= 0.3 is 5.97 Å². The van der Waals surface area contributed by atoms with Crippen LogP contribution in [0.2, 0.25) is 0 Å². The topological polar surface area (TPSA) is 152 Å². The third kappa shape index (κ3) is 3.53. The molecular weight excluding hydrogens is 278 g/mol. The zero-order chi connectivity index (χ0) is 14.8. The molecule has 106 valence electrons. The standard InChI is InChI=1S/C9H13N3O6S/c1-12-4-5(2-6(12)8(10)14)19(17,18)11-3-7(13)9(15)16/h2,4,7,11,13H,3H2,1H3,(H2,10,14)(H,15,16). The van der Waals surface area contributed by atoms with Crippen molar-refractivity contribution in [2.75, 3.05) is 6.54 Å². The van der Waals surface area contributed by atoms with E-state index in [1.807, 2.05) is 4.72 Å².